The van der Waals surface area contributed by atoms with Crippen LogP contribution in [-0.2, 0) is 6.54 Å². The Bertz CT molecular complexity index is 562. The van der Waals surface area contributed by atoms with Crippen LogP contribution in [0.4, 0.5) is 0 Å². The Balaban J connectivity index is 1.87. The molecule has 0 amide bonds. The highest BCUT2D eigenvalue weighted by Gasteiger charge is 2.25. The Morgan fingerprint density at radius 2 is 2.31 bits per heavy atom. The van der Waals surface area contributed by atoms with Crippen molar-refractivity contribution in [3.05, 3.63) is 39.0 Å². The van der Waals surface area contributed by atoms with Gasteiger partial charge >= 0.3 is 5.69 Å². The summed E-state index contributed by atoms with van der Waals surface area (Å²) in [6, 6.07) is 0.451. The molecule has 0 aromatic carbocycles. The molecule has 1 fully saturated rings. The lowest BCUT2D eigenvalue weighted by Gasteiger charge is -1.98. The number of nitrogens with zero attached hydrogens (tertiary/aromatic N) is 3. The minimum absolute atomic E-state index is 0.0929. The van der Waals surface area contributed by atoms with Crippen LogP contribution in [-0.4, -0.2) is 14.1 Å². The molecular weight excluding hydrogens is 222 g/mol. The third kappa shape index (κ3) is 1.71. The van der Waals surface area contributed by atoms with Gasteiger partial charge in [0.2, 0.25) is 0 Å². The molecule has 5 heteroatoms. The van der Waals surface area contributed by atoms with Crippen LogP contribution < -0.4 is 5.69 Å². The van der Waals surface area contributed by atoms with Gasteiger partial charge in [-0.05, 0) is 19.8 Å². The predicted octanol–water partition coefficient (Wildman–Crippen LogP) is 1.80. The van der Waals surface area contributed by atoms with Crippen molar-refractivity contribution < 1.29 is 0 Å². The molecule has 0 bridgehead atoms. The molecular formula is C11H13N3OS. The summed E-state index contributed by atoms with van der Waals surface area (Å²) in [5.74, 6) is 0. The summed E-state index contributed by atoms with van der Waals surface area (Å²) in [6.07, 6.45) is 6.03. The Kier molecular flexibility index (Phi) is 2.21. The van der Waals surface area contributed by atoms with E-state index in [4.69, 9.17) is 0 Å². The summed E-state index contributed by atoms with van der Waals surface area (Å²) in [7, 11) is 0. The van der Waals surface area contributed by atoms with Crippen molar-refractivity contribution in [2.24, 2.45) is 0 Å². The minimum atomic E-state index is 0.0929. The van der Waals surface area contributed by atoms with E-state index in [0.29, 0.717) is 12.6 Å². The van der Waals surface area contributed by atoms with Crippen molar-refractivity contribution in [3.63, 3.8) is 0 Å². The van der Waals surface area contributed by atoms with Crippen molar-refractivity contribution >= 4 is 11.3 Å². The Morgan fingerprint density at radius 3 is 2.94 bits per heavy atom. The van der Waals surface area contributed by atoms with Crippen LogP contribution in [0, 0.1) is 6.92 Å². The van der Waals surface area contributed by atoms with Crippen molar-refractivity contribution in [1.29, 1.82) is 0 Å². The zero-order valence-corrected chi connectivity index (χ0v) is 9.91. The topological polar surface area (TPSA) is 39.8 Å². The fraction of sp³-hybridized carbons (Fsp3) is 0.455. The highest BCUT2D eigenvalue weighted by Crippen LogP contribution is 2.33. The van der Waals surface area contributed by atoms with Gasteiger partial charge in [-0.1, -0.05) is 0 Å². The minimum Gasteiger partial charge on any atom is -0.296 e. The van der Waals surface area contributed by atoms with E-state index in [2.05, 4.69) is 4.98 Å². The average Bonchev–Trinajstić information content (AvgIpc) is 2.93. The number of imidazole rings is 1. The van der Waals surface area contributed by atoms with E-state index in [1.54, 1.807) is 15.9 Å². The fourth-order valence-corrected chi connectivity index (χ4v) is 2.57. The van der Waals surface area contributed by atoms with Crippen LogP contribution in [0.2, 0.25) is 0 Å². The van der Waals surface area contributed by atoms with Gasteiger partial charge in [0.05, 0.1) is 6.54 Å². The van der Waals surface area contributed by atoms with Gasteiger partial charge in [-0.3, -0.25) is 9.13 Å². The first-order chi connectivity index (χ1) is 7.74. The molecule has 0 aliphatic heterocycles. The summed E-state index contributed by atoms with van der Waals surface area (Å²) in [5.41, 5.74) is 1.12. The van der Waals surface area contributed by atoms with Gasteiger partial charge in [0.15, 0.2) is 0 Å². The standard InChI is InChI=1S/C11H13N3OS/c1-8-7-16-10(12-8)6-13-4-5-14(11(13)15)9-2-3-9/h4-5,7,9H,2-3,6H2,1H3. The summed E-state index contributed by atoms with van der Waals surface area (Å²) in [6.45, 7) is 2.56. The predicted molar refractivity (Wildman–Crippen MR) is 62.9 cm³/mol. The maximum Gasteiger partial charge on any atom is 0.328 e. The molecule has 0 spiro atoms. The Hall–Kier alpha value is -1.36. The molecule has 4 nitrogen and oxygen atoms in total. The van der Waals surface area contributed by atoms with Crippen molar-refractivity contribution in [2.75, 3.05) is 0 Å². The van der Waals surface area contributed by atoms with Gasteiger partial charge in [-0.15, -0.1) is 11.3 Å². The monoisotopic (exact) mass is 235 g/mol. The highest BCUT2D eigenvalue weighted by atomic mass is 32.1. The van der Waals surface area contributed by atoms with Gasteiger partial charge in [-0.25, -0.2) is 9.78 Å². The van der Waals surface area contributed by atoms with Crippen molar-refractivity contribution in [2.45, 2.75) is 32.4 Å². The third-order valence-electron chi connectivity index (χ3n) is 2.79. The first kappa shape index (κ1) is 9.84. The number of aromatic nitrogens is 3. The summed E-state index contributed by atoms with van der Waals surface area (Å²) in [4.78, 5) is 16.3. The lowest BCUT2D eigenvalue weighted by atomic mass is 10.6. The molecule has 3 rings (SSSR count). The number of thiazole rings is 1. The molecule has 1 saturated carbocycles. The normalized spacial score (nSPS) is 15.6. The largest absolute Gasteiger partial charge is 0.328 e. The van der Waals surface area contributed by atoms with E-state index in [1.165, 1.54) is 0 Å². The number of aryl methyl sites for hydroxylation is 1. The first-order valence-corrected chi connectivity index (χ1v) is 6.30. The summed E-state index contributed by atoms with van der Waals surface area (Å²) in [5, 5.41) is 3.01. The number of hydrogen-bond acceptors (Lipinski definition) is 3. The smallest absolute Gasteiger partial charge is 0.296 e. The van der Waals surface area contributed by atoms with Crippen LogP contribution >= 0.6 is 11.3 Å². The fourth-order valence-electron chi connectivity index (χ4n) is 1.80. The van der Waals surface area contributed by atoms with E-state index < -0.39 is 0 Å². The summed E-state index contributed by atoms with van der Waals surface area (Å²) >= 11 is 1.61. The van der Waals surface area contributed by atoms with E-state index in [0.717, 1.165) is 23.5 Å². The molecule has 1 aliphatic rings. The summed E-state index contributed by atoms with van der Waals surface area (Å²) < 4.78 is 3.57. The lowest BCUT2D eigenvalue weighted by molar-refractivity contribution is 0.654. The SMILES string of the molecule is Cc1csc(Cn2ccn(C3CC3)c2=O)n1. The van der Waals surface area contributed by atoms with Gasteiger partial charge in [-0.2, -0.15) is 0 Å². The molecule has 84 valence electrons. The van der Waals surface area contributed by atoms with Crippen LogP contribution in [0.15, 0.2) is 22.6 Å². The average molecular weight is 235 g/mol. The molecule has 0 atom stereocenters. The van der Waals surface area contributed by atoms with Gasteiger partial charge in [0.1, 0.15) is 5.01 Å². The first-order valence-electron chi connectivity index (χ1n) is 5.42. The Morgan fingerprint density at radius 1 is 1.50 bits per heavy atom. The molecule has 2 aromatic rings. The zero-order valence-electron chi connectivity index (χ0n) is 9.09. The van der Waals surface area contributed by atoms with Crippen LogP contribution in [0.25, 0.3) is 0 Å². The molecule has 16 heavy (non-hydrogen) atoms. The van der Waals surface area contributed by atoms with Gasteiger partial charge in [0.25, 0.3) is 0 Å². The second-order valence-electron chi connectivity index (χ2n) is 4.23. The van der Waals surface area contributed by atoms with E-state index in [-0.39, 0.29) is 5.69 Å². The van der Waals surface area contributed by atoms with Crippen LogP contribution in [0.3, 0.4) is 0 Å². The molecule has 2 aromatic heterocycles. The number of rotatable bonds is 3. The second kappa shape index (κ2) is 3.59. The van der Waals surface area contributed by atoms with Crippen LogP contribution in [0.5, 0.6) is 0 Å². The zero-order chi connectivity index (χ0) is 11.1. The molecule has 0 N–H and O–H groups in total. The maximum absolute atomic E-state index is 12.0. The molecule has 0 unspecified atom stereocenters. The molecule has 0 saturated heterocycles. The van der Waals surface area contributed by atoms with E-state index >= 15 is 0 Å². The van der Waals surface area contributed by atoms with Gasteiger partial charge < -0.3 is 0 Å². The van der Waals surface area contributed by atoms with Crippen molar-refractivity contribution in [3.8, 4) is 0 Å². The molecule has 0 radical (unpaired) electrons. The molecule has 1 aliphatic carbocycles. The highest BCUT2D eigenvalue weighted by molar-refractivity contribution is 7.09. The quantitative estimate of drug-likeness (QED) is 0.813. The number of hydrogen-bond donors (Lipinski definition) is 0. The Labute approximate surface area is 97.2 Å². The van der Waals surface area contributed by atoms with Crippen molar-refractivity contribution in [1.82, 2.24) is 14.1 Å². The van der Waals surface area contributed by atoms with Crippen LogP contribution in [0.1, 0.15) is 29.6 Å². The lowest BCUT2D eigenvalue weighted by Crippen LogP contribution is -2.23. The third-order valence-corrected chi connectivity index (χ3v) is 3.74. The second-order valence-corrected chi connectivity index (χ2v) is 5.17. The van der Waals surface area contributed by atoms with E-state index in [1.807, 2.05) is 29.3 Å². The maximum atomic E-state index is 12.0. The molecule has 2 heterocycles. The van der Waals surface area contributed by atoms with E-state index in [9.17, 15) is 4.79 Å². The van der Waals surface area contributed by atoms with Gasteiger partial charge in [0, 0.05) is 29.5 Å².